The first-order valence-corrected chi connectivity index (χ1v) is 11.8. The van der Waals surface area contributed by atoms with E-state index in [-0.39, 0.29) is 37.1 Å². The van der Waals surface area contributed by atoms with Crippen LogP contribution in [0.15, 0.2) is 36.7 Å². The molecule has 2 aromatic carbocycles. The van der Waals surface area contributed by atoms with Crippen LogP contribution in [0.2, 0.25) is 5.02 Å². The number of carbonyl (C=O) groups excluding carboxylic acids is 1. The molecule has 2 aliphatic rings. The predicted molar refractivity (Wildman–Crippen MR) is 129 cm³/mol. The highest BCUT2D eigenvalue weighted by Gasteiger charge is 2.35. The summed E-state index contributed by atoms with van der Waals surface area (Å²) in [5.41, 5.74) is 1.38. The fraction of sp³-hybridized carbons (Fsp3) is 0.375. The average Bonchev–Trinajstić information content (AvgIpc) is 3.35. The number of urea groups is 1. The average molecular weight is 522 g/mol. The molecule has 1 atom stereocenters. The molecule has 2 amide bonds. The molecule has 8 nitrogen and oxygen atoms in total. The molecule has 3 heterocycles. The maximum Gasteiger partial charge on any atom is 0.321 e. The number of halogens is 4. The zero-order valence-electron chi connectivity index (χ0n) is 19.1. The Labute approximate surface area is 209 Å². The van der Waals surface area contributed by atoms with Gasteiger partial charge in [0.05, 0.1) is 29.4 Å². The molecule has 190 valence electrons. The Balaban J connectivity index is 1.47. The van der Waals surface area contributed by atoms with Gasteiger partial charge in [-0.15, -0.1) is 0 Å². The number of rotatable bonds is 5. The van der Waals surface area contributed by atoms with E-state index >= 15 is 0 Å². The van der Waals surface area contributed by atoms with Gasteiger partial charge in [0, 0.05) is 49.5 Å². The minimum atomic E-state index is -2.77. The van der Waals surface area contributed by atoms with Crippen molar-refractivity contribution in [3.8, 4) is 5.75 Å². The molecule has 1 aromatic heterocycles. The van der Waals surface area contributed by atoms with Gasteiger partial charge in [0.15, 0.2) is 0 Å². The summed E-state index contributed by atoms with van der Waals surface area (Å²) in [5, 5.41) is 6.40. The summed E-state index contributed by atoms with van der Waals surface area (Å²) >= 11 is 5.90. The summed E-state index contributed by atoms with van der Waals surface area (Å²) < 4.78 is 52.2. The van der Waals surface area contributed by atoms with Crippen LogP contribution in [0.1, 0.15) is 19.3 Å². The van der Waals surface area contributed by atoms with E-state index in [2.05, 4.69) is 20.6 Å². The van der Waals surface area contributed by atoms with Crippen molar-refractivity contribution in [1.82, 2.24) is 14.9 Å². The van der Waals surface area contributed by atoms with Crippen molar-refractivity contribution in [2.45, 2.75) is 31.3 Å². The van der Waals surface area contributed by atoms with Gasteiger partial charge in [-0.25, -0.2) is 27.9 Å². The van der Waals surface area contributed by atoms with Gasteiger partial charge in [0.2, 0.25) is 0 Å². The minimum absolute atomic E-state index is 0.0482. The lowest BCUT2D eigenvalue weighted by Gasteiger charge is -2.32. The van der Waals surface area contributed by atoms with Gasteiger partial charge in [-0.2, -0.15) is 0 Å². The van der Waals surface area contributed by atoms with Crippen molar-refractivity contribution < 1.29 is 27.4 Å². The molecule has 2 saturated heterocycles. The molecule has 0 radical (unpaired) electrons. The summed E-state index contributed by atoms with van der Waals surface area (Å²) in [6.45, 7) is 0.869. The first kappa shape index (κ1) is 24.4. The van der Waals surface area contributed by atoms with Crippen LogP contribution in [0.25, 0.3) is 10.9 Å². The number of benzene rings is 2. The number of nitrogens with one attached hydrogen (secondary N) is 2. The number of aromatic nitrogens is 2. The van der Waals surface area contributed by atoms with Crippen molar-refractivity contribution in [1.29, 1.82) is 0 Å². The van der Waals surface area contributed by atoms with Crippen LogP contribution in [-0.4, -0.2) is 59.2 Å². The summed E-state index contributed by atoms with van der Waals surface area (Å²) in [6.07, 6.45) is 1.08. The monoisotopic (exact) mass is 521 g/mol. The van der Waals surface area contributed by atoms with E-state index in [1.807, 2.05) is 0 Å². The largest absolute Gasteiger partial charge is 0.486 e. The number of nitrogens with zero attached hydrogens (tertiary/aromatic N) is 3. The highest BCUT2D eigenvalue weighted by atomic mass is 35.5. The Morgan fingerprint density at radius 2 is 2.00 bits per heavy atom. The quantitative estimate of drug-likeness (QED) is 0.454. The molecule has 2 fully saturated rings. The summed E-state index contributed by atoms with van der Waals surface area (Å²) in [6, 6.07) is 7.01. The smallest absolute Gasteiger partial charge is 0.321 e. The van der Waals surface area contributed by atoms with Crippen LogP contribution in [0, 0.1) is 5.82 Å². The molecular formula is C24H23ClF3N5O3. The van der Waals surface area contributed by atoms with E-state index < -0.39 is 17.8 Å². The van der Waals surface area contributed by atoms with E-state index in [1.54, 1.807) is 12.1 Å². The third kappa shape index (κ3) is 5.41. The summed E-state index contributed by atoms with van der Waals surface area (Å²) in [7, 11) is 0. The van der Waals surface area contributed by atoms with E-state index in [1.165, 1.54) is 29.4 Å². The lowest BCUT2D eigenvalue weighted by atomic mass is 10.1. The number of alkyl halides is 2. The maximum atomic E-state index is 13.6. The standard InChI is InChI=1S/C24H23ClF3N5O3/c25-17-9-14(1-2-18(17)26)31-22-16-10-20(32-23(34)33-6-4-24(27,28)5-7-33)21(11-19(16)29-13-30-22)36-15-3-8-35-12-15/h1-2,9-11,13,15H,3-8,12H2,(H,32,34)(H,29,30,31)/t15-/m0/s1. The van der Waals surface area contributed by atoms with Crippen LogP contribution in [0.4, 0.5) is 35.2 Å². The van der Waals surface area contributed by atoms with Crippen LogP contribution < -0.4 is 15.4 Å². The van der Waals surface area contributed by atoms with E-state index in [0.717, 1.165) is 0 Å². The fourth-order valence-electron chi connectivity index (χ4n) is 4.11. The van der Waals surface area contributed by atoms with Gasteiger partial charge < -0.3 is 25.0 Å². The van der Waals surface area contributed by atoms with Crippen molar-refractivity contribution in [2.75, 3.05) is 36.9 Å². The molecule has 0 saturated carbocycles. The maximum absolute atomic E-state index is 13.6. The number of hydrogen-bond acceptors (Lipinski definition) is 6. The summed E-state index contributed by atoms with van der Waals surface area (Å²) in [5.74, 6) is -2.54. The van der Waals surface area contributed by atoms with E-state index in [0.29, 0.717) is 53.5 Å². The number of fused-ring (bicyclic) bond motifs is 1. The third-order valence-electron chi connectivity index (χ3n) is 6.12. The fourth-order valence-corrected chi connectivity index (χ4v) is 4.29. The number of anilines is 3. The molecule has 0 bridgehead atoms. The van der Waals surface area contributed by atoms with E-state index in [9.17, 15) is 18.0 Å². The lowest BCUT2D eigenvalue weighted by Crippen LogP contribution is -2.44. The van der Waals surface area contributed by atoms with Gasteiger partial charge in [0.25, 0.3) is 5.92 Å². The Morgan fingerprint density at radius 3 is 2.72 bits per heavy atom. The second-order valence-corrected chi connectivity index (χ2v) is 9.13. The van der Waals surface area contributed by atoms with Crippen LogP contribution in [-0.2, 0) is 4.74 Å². The Kier molecular flexibility index (Phi) is 6.76. The number of carbonyl (C=O) groups is 1. The summed E-state index contributed by atoms with van der Waals surface area (Å²) in [4.78, 5) is 22.9. The Morgan fingerprint density at radius 1 is 1.19 bits per heavy atom. The molecule has 2 N–H and O–H groups in total. The topological polar surface area (TPSA) is 88.6 Å². The first-order chi connectivity index (χ1) is 17.3. The van der Waals surface area contributed by atoms with Crippen molar-refractivity contribution >= 4 is 45.7 Å². The second-order valence-electron chi connectivity index (χ2n) is 8.72. The normalized spacial score (nSPS) is 19.3. The predicted octanol–water partition coefficient (Wildman–Crippen LogP) is 5.60. The van der Waals surface area contributed by atoms with Crippen LogP contribution in [0.3, 0.4) is 0 Å². The first-order valence-electron chi connectivity index (χ1n) is 11.5. The van der Waals surface area contributed by atoms with Gasteiger partial charge in [-0.1, -0.05) is 11.6 Å². The Bertz CT molecular complexity index is 1280. The molecule has 2 aliphatic heterocycles. The molecule has 5 rings (SSSR count). The Hall–Kier alpha value is -3.31. The van der Waals surface area contributed by atoms with Gasteiger partial charge >= 0.3 is 6.03 Å². The molecular weight excluding hydrogens is 499 g/mol. The number of likely N-dealkylation sites (tertiary alicyclic amines) is 1. The second kappa shape index (κ2) is 9.98. The molecule has 0 spiro atoms. The van der Waals surface area contributed by atoms with Gasteiger partial charge in [-0.3, -0.25) is 0 Å². The van der Waals surface area contributed by atoms with Crippen molar-refractivity contribution in [3.05, 3.63) is 47.5 Å². The molecule has 0 aliphatic carbocycles. The number of hydrogen-bond donors (Lipinski definition) is 2. The van der Waals surface area contributed by atoms with E-state index in [4.69, 9.17) is 21.1 Å². The SMILES string of the molecule is O=C(Nc1cc2c(Nc3ccc(F)c(Cl)c3)ncnc2cc1O[C@H]1CCOC1)N1CCC(F)(F)CC1. The minimum Gasteiger partial charge on any atom is -0.486 e. The number of piperidine rings is 1. The molecule has 36 heavy (non-hydrogen) atoms. The van der Waals surface area contributed by atoms with Crippen molar-refractivity contribution in [2.24, 2.45) is 0 Å². The number of amides is 2. The van der Waals surface area contributed by atoms with Crippen LogP contribution in [0.5, 0.6) is 5.75 Å². The zero-order chi connectivity index (χ0) is 25.3. The van der Waals surface area contributed by atoms with Crippen LogP contribution >= 0.6 is 11.6 Å². The van der Waals surface area contributed by atoms with Gasteiger partial charge in [-0.05, 0) is 24.3 Å². The van der Waals surface area contributed by atoms with Gasteiger partial charge in [0.1, 0.15) is 29.8 Å². The molecule has 12 heteroatoms. The number of ether oxygens (including phenoxy) is 2. The zero-order valence-corrected chi connectivity index (χ0v) is 19.8. The van der Waals surface area contributed by atoms with Crippen molar-refractivity contribution in [3.63, 3.8) is 0 Å². The highest BCUT2D eigenvalue weighted by Crippen LogP contribution is 2.36. The highest BCUT2D eigenvalue weighted by molar-refractivity contribution is 6.31. The molecule has 3 aromatic rings. The third-order valence-corrected chi connectivity index (χ3v) is 6.41. The lowest BCUT2D eigenvalue weighted by molar-refractivity contribution is -0.0461. The molecule has 0 unspecified atom stereocenters.